The van der Waals surface area contributed by atoms with Gasteiger partial charge in [-0.1, -0.05) is 0 Å². The zero-order valence-corrected chi connectivity index (χ0v) is 21.7. The summed E-state index contributed by atoms with van der Waals surface area (Å²) >= 11 is 0. The lowest BCUT2D eigenvalue weighted by molar-refractivity contribution is -0.277. The molecular weight excluding hydrogens is 526 g/mol. The van der Waals surface area contributed by atoms with E-state index in [0.717, 1.165) is 0 Å². The minimum Gasteiger partial charge on any atom is -0.493 e. The third-order valence-corrected chi connectivity index (χ3v) is 7.35. The minimum absolute atomic E-state index is 0.0948. The van der Waals surface area contributed by atoms with E-state index < -0.39 is 37.3 Å². The molecule has 0 amide bonds. The zero-order chi connectivity index (χ0) is 28.1. The number of nitrogens with zero attached hydrogens (tertiary/aromatic N) is 2. The Labute approximate surface area is 227 Å². The van der Waals surface area contributed by atoms with Gasteiger partial charge in [-0.15, -0.1) is 0 Å². The second kappa shape index (κ2) is 10.4. The first-order valence-electron chi connectivity index (χ1n) is 12.7. The number of nitrogens with one attached hydrogen (secondary N) is 1. The van der Waals surface area contributed by atoms with Crippen LogP contribution in [0.2, 0.25) is 0 Å². The van der Waals surface area contributed by atoms with Crippen LogP contribution in [-0.2, 0) is 11.3 Å². The standard InChI is InChI=1S/C27H29N3O10/c1-28-3-4-30-22-14-7-18-19(38-11-37-18)8-16(14)29-9-15(22)12-5-20(17(36-2)6-13(12)26(30)35)39-27-25(34)24(33)23(32)21(10-31)40-27/h5-9,21,23-25,27-28,31-34H,3-4,10-11H2,1-2H3/t21-,23+,24+,25-,27-/m1/s1. The molecule has 2 aromatic carbocycles. The maximum atomic E-state index is 13.9. The fourth-order valence-corrected chi connectivity index (χ4v) is 5.24. The average Bonchev–Trinajstić information content (AvgIpc) is 3.43. The highest BCUT2D eigenvalue weighted by Crippen LogP contribution is 2.41. The number of rotatable bonds is 7. The molecule has 40 heavy (non-hydrogen) atoms. The van der Waals surface area contributed by atoms with Crippen LogP contribution in [0.15, 0.2) is 35.3 Å². The number of benzene rings is 2. The molecule has 4 aromatic rings. The van der Waals surface area contributed by atoms with Crippen LogP contribution in [0, 0.1) is 0 Å². The fraction of sp³-hybridized carbons (Fsp3) is 0.407. The van der Waals surface area contributed by atoms with Crippen molar-refractivity contribution in [3.63, 3.8) is 0 Å². The quantitative estimate of drug-likeness (QED) is 0.191. The lowest BCUT2D eigenvalue weighted by Gasteiger charge is -2.39. The van der Waals surface area contributed by atoms with E-state index in [0.29, 0.717) is 57.2 Å². The van der Waals surface area contributed by atoms with Gasteiger partial charge in [-0.3, -0.25) is 9.78 Å². The molecule has 0 saturated carbocycles. The summed E-state index contributed by atoms with van der Waals surface area (Å²) in [7, 11) is 3.21. The van der Waals surface area contributed by atoms with Gasteiger partial charge in [0.2, 0.25) is 13.1 Å². The zero-order valence-electron chi connectivity index (χ0n) is 21.7. The Morgan fingerprint density at radius 3 is 2.48 bits per heavy atom. The van der Waals surface area contributed by atoms with Crippen molar-refractivity contribution in [3.05, 3.63) is 40.8 Å². The van der Waals surface area contributed by atoms with Gasteiger partial charge in [0.25, 0.3) is 5.56 Å². The molecule has 2 aromatic heterocycles. The first-order chi connectivity index (χ1) is 19.4. The Morgan fingerprint density at radius 2 is 1.75 bits per heavy atom. The van der Waals surface area contributed by atoms with Gasteiger partial charge >= 0.3 is 0 Å². The summed E-state index contributed by atoms with van der Waals surface area (Å²) in [4.78, 5) is 18.6. The third-order valence-electron chi connectivity index (χ3n) is 7.35. The highest BCUT2D eigenvalue weighted by atomic mass is 16.7. The molecular formula is C27H29N3O10. The smallest absolute Gasteiger partial charge is 0.259 e. The van der Waals surface area contributed by atoms with E-state index >= 15 is 0 Å². The van der Waals surface area contributed by atoms with Gasteiger partial charge in [0.15, 0.2) is 23.0 Å². The maximum Gasteiger partial charge on any atom is 0.259 e. The predicted molar refractivity (Wildman–Crippen MR) is 142 cm³/mol. The molecule has 13 heteroatoms. The molecule has 6 rings (SSSR count). The maximum absolute atomic E-state index is 13.9. The van der Waals surface area contributed by atoms with Gasteiger partial charge in [0.05, 0.1) is 30.1 Å². The number of methoxy groups -OCH3 is 1. The van der Waals surface area contributed by atoms with Crippen molar-refractivity contribution in [1.29, 1.82) is 0 Å². The summed E-state index contributed by atoms with van der Waals surface area (Å²) in [5.74, 6) is 1.41. The molecule has 13 nitrogen and oxygen atoms in total. The van der Waals surface area contributed by atoms with E-state index in [-0.39, 0.29) is 23.9 Å². The Morgan fingerprint density at radius 1 is 1.00 bits per heavy atom. The predicted octanol–water partition coefficient (Wildman–Crippen LogP) is -0.162. The van der Waals surface area contributed by atoms with Crippen molar-refractivity contribution in [1.82, 2.24) is 14.9 Å². The third kappa shape index (κ3) is 4.18. The number of pyridine rings is 2. The van der Waals surface area contributed by atoms with Crippen LogP contribution >= 0.6 is 0 Å². The van der Waals surface area contributed by atoms with E-state index in [4.69, 9.17) is 23.7 Å². The van der Waals surface area contributed by atoms with Gasteiger partial charge < -0.3 is 54.0 Å². The molecule has 212 valence electrons. The molecule has 1 saturated heterocycles. The molecule has 5 atom stereocenters. The molecule has 4 heterocycles. The van der Waals surface area contributed by atoms with Crippen molar-refractivity contribution < 1.29 is 44.1 Å². The van der Waals surface area contributed by atoms with Crippen molar-refractivity contribution in [2.24, 2.45) is 0 Å². The number of aliphatic hydroxyl groups excluding tert-OH is 4. The van der Waals surface area contributed by atoms with Gasteiger partial charge in [-0.05, 0) is 25.2 Å². The van der Waals surface area contributed by atoms with Crippen LogP contribution in [0.5, 0.6) is 23.0 Å². The average molecular weight is 556 g/mol. The first kappa shape index (κ1) is 26.5. The molecule has 1 fully saturated rings. The molecule has 0 unspecified atom stereocenters. The van der Waals surface area contributed by atoms with Crippen molar-refractivity contribution in [3.8, 4) is 23.0 Å². The summed E-state index contributed by atoms with van der Waals surface area (Å²) in [6.45, 7) is 0.399. The fourth-order valence-electron chi connectivity index (χ4n) is 5.24. The second-order valence-electron chi connectivity index (χ2n) is 9.67. The Hall–Kier alpha value is -3.72. The molecule has 2 aliphatic heterocycles. The Kier molecular flexibility index (Phi) is 6.86. The number of likely N-dealkylation sites (N-methyl/N-ethyl adjacent to an activating group) is 1. The van der Waals surface area contributed by atoms with Crippen LogP contribution in [0.1, 0.15) is 0 Å². The number of aromatic nitrogens is 2. The van der Waals surface area contributed by atoms with E-state index in [9.17, 15) is 25.2 Å². The van der Waals surface area contributed by atoms with Crippen molar-refractivity contribution in [2.45, 2.75) is 37.3 Å². The Bertz CT molecular complexity index is 1660. The molecule has 2 aliphatic rings. The molecule has 0 radical (unpaired) electrons. The van der Waals surface area contributed by atoms with Crippen molar-refractivity contribution >= 4 is 32.6 Å². The van der Waals surface area contributed by atoms with Crippen LogP contribution in [0.3, 0.4) is 0 Å². The monoisotopic (exact) mass is 555 g/mol. The highest BCUT2D eigenvalue weighted by molar-refractivity contribution is 6.15. The lowest BCUT2D eigenvalue weighted by atomic mass is 9.99. The number of ether oxygens (including phenoxy) is 5. The molecule has 0 bridgehead atoms. The van der Waals surface area contributed by atoms with E-state index in [1.165, 1.54) is 13.2 Å². The van der Waals surface area contributed by atoms with Gasteiger partial charge in [0.1, 0.15) is 24.4 Å². The number of aliphatic hydroxyl groups is 4. The first-order valence-corrected chi connectivity index (χ1v) is 12.7. The molecule has 0 aliphatic carbocycles. The summed E-state index contributed by atoms with van der Waals surface area (Å²) in [5.41, 5.74) is 1.00. The molecule has 5 N–H and O–H groups in total. The van der Waals surface area contributed by atoms with Crippen molar-refractivity contribution in [2.75, 3.05) is 34.1 Å². The van der Waals surface area contributed by atoms with Gasteiger partial charge in [-0.2, -0.15) is 0 Å². The SMILES string of the molecule is CNCCn1c(=O)c2cc(OC)c(O[C@@H]3O[C@H](CO)[C@H](O)[C@H](O)[C@H]3O)cc2c2cnc3cc4c(cc3c21)OCO4. The summed E-state index contributed by atoms with van der Waals surface area (Å²) in [6, 6.07) is 6.71. The number of hydrogen-bond donors (Lipinski definition) is 5. The second-order valence-corrected chi connectivity index (χ2v) is 9.67. The lowest BCUT2D eigenvalue weighted by Crippen LogP contribution is -2.60. The Balaban J connectivity index is 1.57. The largest absolute Gasteiger partial charge is 0.493 e. The van der Waals surface area contributed by atoms with Crippen LogP contribution < -0.4 is 29.8 Å². The highest BCUT2D eigenvalue weighted by Gasteiger charge is 2.45. The van der Waals surface area contributed by atoms with E-state index in [1.807, 2.05) is 6.07 Å². The van der Waals surface area contributed by atoms with Gasteiger partial charge in [0, 0.05) is 41.5 Å². The topological polar surface area (TPSA) is 174 Å². The van der Waals surface area contributed by atoms with Crippen LogP contribution in [-0.4, -0.2) is 94.8 Å². The summed E-state index contributed by atoms with van der Waals surface area (Å²) < 4.78 is 29.7. The summed E-state index contributed by atoms with van der Waals surface area (Å²) in [5, 5.41) is 45.7. The minimum atomic E-state index is -1.63. The van der Waals surface area contributed by atoms with E-state index in [1.54, 1.807) is 29.9 Å². The van der Waals surface area contributed by atoms with Crippen LogP contribution in [0.25, 0.3) is 32.6 Å². The summed E-state index contributed by atoms with van der Waals surface area (Å²) in [6.07, 6.45) is -5.71. The van der Waals surface area contributed by atoms with Crippen LogP contribution in [0.4, 0.5) is 0 Å². The number of hydrogen-bond acceptors (Lipinski definition) is 12. The normalized spacial score (nSPS) is 24.2. The van der Waals surface area contributed by atoms with Gasteiger partial charge in [-0.25, -0.2) is 0 Å². The van der Waals surface area contributed by atoms with E-state index in [2.05, 4.69) is 10.3 Å². The number of fused-ring (bicyclic) bond motifs is 6. The molecule has 0 spiro atoms.